The van der Waals surface area contributed by atoms with Gasteiger partial charge in [0.2, 0.25) is 10.0 Å². The number of ether oxygens (including phenoxy) is 1. The summed E-state index contributed by atoms with van der Waals surface area (Å²) in [6.07, 6.45) is 1.09. The minimum absolute atomic E-state index is 0.148. The molecule has 0 aliphatic rings. The first-order valence-corrected chi connectivity index (χ1v) is 12.4. The van der Waals surface area contributed by atoms with Crippen LogP contribution in [0, 0.1) is 0 Å². The molecule has 29 heavy (non-hydrogen) atoms. The minimum atomic E-state index is -3.32. The first kappa shape index (κ1) is 23.1. The van der Waals surface area contributed by atoms with Crippen LogP contribution in [0.1, 0.15) is 18.9 Å². The summed E-state index contributed by atoms with van der Waals surface area (Å²) in [5.41, 5.74) is 1.80. The van der Waals surface area contributed by atoms with Crippen LogP contribution in [0.5, 0.6) is 5.75 Å². The van der Waals surface area contributed by atoms with Gasteiger partial charge in [0, 0.05) is 25.1 Å². The molecular formula is C21H28N2O4S2. The van der Waals surface area contributed by atoms with Crippen LogP contribution >= 0.6 is 11.8 Å². The predicted molar refractivity (Wildman–Crippen MR) is 120 cm³/mol. The van der Waals surface area contributed by atoms with Crippen molar-refractivity contribution in [2.75, 3.05) is 29.9 Å². The second kappa shape index (κ2) is 11.1. The molecule has 2 aromatic carbocycles. The molecule has 0 unspecified atom stereocenters. The lowest BCUT2D eigenvalue weighted by Crippen LogP contribution is -2.39. The number of nitrogens with zero attached hydrogens (tertiary/aromatic N) is 1. The van der Waals surface area contributed by atoms with Crippen molar-refractivity contribution in [3.8, 4) is 5.75 Å². The number of nitrogens with one attached hydrogen (secondary N) is 1. The number of hydrogen-bond donors (Lipinski definition) is 1. The Bertz CT molecular complexity index is 871. The molecule has 6 nitrogen and oxygen atoms in total. The largest absolute Gasteiger partial charge is 0.481 e. The summed E-state index contributed by atoms with van der Waals surface area (Å²) in [5, 5.41) is 2.92. The lowest BCUT2D eigenvalue weighted by molar-refractivity contribution is -0.127. The number of rotatable bonds is 11. The molecule has 2 aromatic rings. The van der Waals surface area contributed by atoms with Crippen LogP contribution in [-0.4, -0.2) is 46.0 Å². The molecule has 1 amide bonds. The van der Waals surface area contributed by atoms with Gasteiger partial charge in [0.25, 0.3) is 5.91 Å². The van der Waals surface area contributed by atoms with E-state index in [0.717, 1.165) is 17.8 Å². The van der Waals surface area contributed by atoms with Gasteiger partial charge in [-0.15, -0.1) is 0 Å². The fraction of sp³-hybridized carbons (Fsp3) is 0.381. The molecule has 0 spiro atoms. The Kier molecular flexibility index (Phi) is 8.85. The number of benzene rings is 2. The fourth-order valence-corrected chi connectivity index (χ4v) is 3.86. The number of amides is 1. The average Bonchev–Trinajstić information content (AvgIpc) is 2.71. The van der Waals surface area contributed by atoms with Gasteiger partial charge in [-0.3, -0.25) is 9.10 Å². The molecule has 0 fully saturated rings. The zero-order chi connectivity index (χ0) is 21.3. The van der Waals surface area contributed by atoms with E-state index in [1.807, 2.05) is 25.1 Å². The zero-order valence-electron chi connectivity index (χ0n) is 17.0. The van der Waals surface area contributed by atoms with Crippen LogP contribution in [-0.2, 0) is 20.6 Å². The molecule has 0 aliphatic carbocycles. The molecule has 2 rings (SSSR count). The predicted octanol–water partition coefficient (Wildman–Crippen LogP) is 3.29. The maximum atomic E-state index is 12.4. The molecule has 0 heterocycles. The molecule has 0 saturated heterocycles. The number of thioether (sulfide) groups is 1. The van der Waals surface area contributed by atoms with Crippen molar-refractivity contribution in [3.63, 3.8) is 0 Å². The summed E-state index contributed by atoms with van der Waals surface area (Å²) in [6, 6.07) is 16.9. The van der Waals surface area contributed by atoms with Gasteiger partial charge in [-0.05, 0) is 36.2 Å². The van der Waals surface area contributed by atoms with Crippen molar-refractivity contribution in [1.29, 1.82) is 0 Å². The highest BCUT2D eigenvalue weighted by molar-refractivity contribution is 7.98. The lowest BCUT2D eigenvalue weighted by Gasteiger charge is -2.19. The summed E-state index contributed by atoms with van der Waals surface area (Å²) in [6.45, 7) is 2.47. The topological polar surface area (TPSA) is 75.7 Å². The quantitative estimate of drug-likeness (QED) is 0.547. The highest BCUT2D eigenvalue weighted by Gasteiger charge is 2.18. The Balaban J connectivity index is 1.78. The number of carbonyl (C=O) groups excluding carboxylic acids is 1. The summed E-state index contributed by atoms with van der Waals surface area (Å²) < 4.78 is 30.2. The van der Waals surface area contributed by atoms with Crippen LogP contribution in [0.4, 0.5) is 5.69 Å². The van der Waals surface area contributed by atoms with E-state index in [2.05, 4.69) is 17.4 Å². The summed E-state index contributed by atoms with van der Waals surface area (Å²) >= 11 is 1.77. The Morgan fingerprint density at radius 1 is 1.14 bits per heavy atom. The van der Waals surface area contributed by atoms with Crippen molar-refractivity contribution in [2.24, 2.45) is 0 Å². The molecule has 1 N–H and O–H groups in total. The molecule has 0 aromatic heterocycles. The van der Waals surface area contributed by atoms with Crippen LogP contribution in [0.25, 0.3) is 0 Å². The van der Waals surface area contributed by atoms with Gasteiger partial charge in [0.15, 0.2) is 6.10 Å². The van der Waals surface area contributed by atoms with E-state index in [1.165, 1.54) is 16.9 Å². The van der Waals surface area contributed by atoms with Crippen LogP contribution < -0.4 is 14.4 Å². The second-order valence-corrected chi connectivity index (χ2v) is 9.69. The number of sulfonamides is 1. The van der Waals surface area contributed by atoms with Crippen LogP contribution in [0.3, 0.4) is 0 Å². The van der Waals surface area contributed by atoms with Crippen molar-refractivity contribution in [1.82, 2.24) is 5.32 Å². The number of anilines is 1. The monoisotopic (exact) mass is 436 g/mol. The summed E-state index contributed by atoms with van der Waals surface area (Å²) in [7, 11) is -1.83. The molecule has 0 radical (unpaired) electrons. The van der Waals surface area contributed by atoms with Gasteiger partial charge < -0.3 is 10.1 Å². The maximum absolute atomic E-state index is 12.4. The third-order valence-electron chi connectivity index (χ3n) is 4.30. The Morgan fingerprint density at radius 3 is 2.38 bits per heavy atom. The van der Waals surface area contributed by atoms with E-state index in [9.17, 15) is 13.2 Å². The SMILES string of the molecule is CC[C@H](Oc1ccc(N(C)S(C)(=O)=O)cc1)C(=O)NCCSCc1ccccc1. The minimum Gasteiger partial charge on any atom is -0.481 e. The van der Waals surface area contributed by atoms with Crippen molar-refractivity contribution in [3.05, 3.63) is 60.2 Å². The van der Waals surface area contributed by atoms with E-state index in [0.29, 0.717) is 24.4 Å². The first-order chi connectivity index (χ1) is 13.8. The second-order valence-electron chi connectivity index (χ2n) is 6.57. The van der Waals surface area contributed by atoms with Gasteiger partial charge in [-0.1, -0.05) is 37.3 Å². The van der Waals surface area contributed by atoms with Gasteiger partial charge in [0.05, 0.1) is 11.9 Å². The van der Waals surface area contributed by atoms with E-state index < -0.39 is 16.1 Å². The van der Waals surface area contributed by atoms with Gasteiger partial charge in [0.1, 0.15) is 5.75 Å². The standard InChI is InChI=1S/C21H28N2O4S2/c1-4-20(21(24)22-14-15-28-16-17-8-6-5-7-9-17)27-19-12-10-18(11-13-19)23(2)29(3,25)26/h5-13,20H,4,14-16H2,1-3H3,(H,22,24)/t20-/m0/s1. The zero-order valence-corrected chi connectivity index (χ0v) is 18.6. The van der Waals surface area contributed by atoms with Crippen molar-refractivity contribution >= 4 is 33.4 Å². The van der Waals surface area contributed by atoms with E-state index in [1.54, 1.807) is 36.0 Å². The molecule has 1 atom stereocenters. The fourth-order valence-electron chi connectivity index (χ4n) is 2.54. The highest BCUT2D eigenvalue weighted by Crippen LogP contribution is 2.21. The summed E-state index contributed by atoms with van der Waals surface area (Å²) in [5.74, 6) is 2.11. The molecule has 0 bridgehead atoms. The molecule has 0 aliphatic heterocycles. The Morgan fingerprint density at radius 2 is 1.79 bits per heavy atom. The molecule has 8 heteroatoms. The highest BCUT2D eigenvalue weighted by atomic mass is 32.2. The molecule has 0 saturated carbocycles. The van der Waals surface area contributed by atoms with E-state index in [-0.39, 0.29) is 5.91 Å². The van der Waals surface area contributed by atoms with Gasteiger partial charge in [-0.2, -0.15) is 11.8 Å². The van der Waals surface area contributed by atoms with Gasteiger partial charge in [-0.25, -0.2) is 8.42 Å². The van der Waals surface area contributed by atoms with Crippen LogP contribution in [0.15, 0.2) is 54.6 Å². The van der Waals surface area contributed by atoms with E-state index in [4.69, 9.17) is 4.74 Å². The number of hydrogen-bond acceptors (Lipinski definition) is 5. The van der Waals surface area contributed by atoms with E-state index >= 15 is 0 Å². The maximum Gasteiger partial charge on any atom is 0.261 e. The van der Waals surface area contributed by atoms with Crippen molar-refractivity contribution < 1.29 is 17.9 Å². The smallest absolute Gasteiger partial charge is 0.261 e. The third-order valence-corrected chi connectivity index (χ3v) is 6.53. The summed E-state index contributed by atoms with van der Waals surface area (Å²) in [4.78, 5) is 12.4. The number of carbonyl (C=O) groups is 1. The molecular weight excluding hydrogens is 408 g/mol. The van der Waals surface area contributed by atoms with Crippen molar-refractivity contribution in [2.45, 2.75) is 25.2 Å². The molecule has 158 valence electrons. The Hall–Kier alpha value is -2.19. The average molecular weight is 437 g/mol. The Labute approximate surface area is 177 Å². The van der Waals surface area contributed by atoms with Gasteiger partial charge >= 0.3 is 0 Å². The normalized spacial score (nSPS) is 12.2. The first-order valence-electron chi connectivity index (χ1n) is 9.41. The third kappa shape index (κ3) is 7.62. The van der Waals surface area contributed by atoms with Crippen LogP contribution in [0.2, 0.25) is 0 Å². The lowest BCUT2D eigenvalue weighted by atomic mass is 10.2.